The molecule has 0 radical (unpaired) electrons. The van der Waals surface area contributed by atoms with Crippen LogP contribution in [0.2, 0.25) is 10.0 Å². The van der Waals surface area contributed by atoms with Gasteiger partial charge < -0.3 is 10.6 Å². The van der Waals surface area contributed by atoms with Gasteiger partial charge in [0, 0.05) is 18.1 Å². The zero-order chi connectivity index (χ0) is 13.7. The molecule has 2 aromatic rings. The monoisotopic (exact) mass is 296 g/mol. The standard InChI is InChI=1S/C13H14Cl2N4/c1-2-16-13-18-8-11(15)12(19-13)17-7-9-4-3-5-10(14)6-9/h3-6,8H,2,7H2,1H3,(H2,16,17,18,19). The van der Waals surface area contributed by atoms with Gasteiger partial charge in [0.15, 0.2) is 5.82 Å². The SMILES string of the molecule is CCNc1ncc(Cl)c(NCc2cccc(Cl)c2)n1. The first-order valence-electron chi connectivity index (χ1n) is 5.93. The fourth-order valence-corrected chi connectivity index (χ4v) is 1.94. The molecule has 0 spiro atoms. The number of rotatable bonds is 5. The molecule has 0 bridgehead atoms. The van der Waals surface area contributed by atoms with Gasteiger partial charge >= 0.3 is 0 Å². The van der Waals surface area contributed by atoms with Crippen LogP contribution in [0.1, 0.15) is 12.5 Å². The Balaban J connectivity index is 2.08. The molecule has 0 fully saturated rings. The van der Waals surface area contributed by atoms with Crippen LogP contribution >= 0.6 is 23.2 Å². The highest BCUT2D eigenvalue weighted by molar-refractivity contribution is 6.32. The van der Waals surface area contributed by atoms with Gasteiger partial charge in [-0.1, -0.05) is 35.3 Å². The molecule has 1 aromatic heterocycles. The second kappa shape index (κ2) is 6.59. The second-order valence-electron chi connectivity index (χ2n) is 3.90. The zero-order valence-electron chi connectivity index (χ0n) is 10.5. The van der Waals surface area contributed by atoms with Crippen LogP contribution in [0.4, 0.5) is 11.8 Å². The predicted octanol–water partition coefficient (Wildman–Crippen LogP) is 3.83. The van der Waals surface area contributed by atoms with E-state index >= 15 is 0 Å². The summed E-state index contributed by atoms with van der Waals surface area (Å²) in [4.78, 5) is 8.38. The van der Waals surface area contributed by atoms with Crippen molar-refractivity contribution >= 4 is 35.0 Å². The van der Waals surface area contributed by atoms with Crippen molar-refractivity contribution in [1.82, 2.24) is 9.97 Å². The molecule has 0 saturated carbocycles. The fourth-order valence-electron chi connectivity index (χ4n) is 1.57. The van der Waals surface area contributed by atoms with Crippen LogP contribution in [-0.4, -0.2) is 16.5 Å². The van der Waals surface area contributed by atoms with Crippen LogP contribution in [0.25, 0.3) is 0 Å². The van der Waals surface area contributed by atoms with Crippen molar-refractivity contribution < 1.29 is 0 Å². The number of nitrogens with zero attached hydrogens (tertiary/aromatic N) is 2. The van der Waals surface area contributed by atoms with Gasteiger partial charge in [0.1, 0.15) is 5.02 Å². The van der Waals surface area contributed by atoms with E-state index in [9.17, 15) is 0 Å². The molecule has 1 heterocycles. The number of benzene rings is 1. The average Bonchev–Trinajstić information content (AvgIpc) is 2.40. The average molecular weight is 297 g/mol. The van der Waals surface area contributed by atoms with Crippen LogP contribution in [0.5, 0.6) is 0 Å². The van der Waals surface area contributed by atoms with Gasteiger partial charge in [0.05, 0.1) is 6.20 Å². The molecule has 1 aromatic carbocycles. The maximum absolute atomic E-state index is 6.05. The lowest BCUT2D eigenvalue weighted by atomic mass is 10.2. The van der Waals surface area contributed by atoms with E-state index in [1.807, 2.05) is 31.2 Å². The molecular weight excluding hydrogens is 283 g/mol. The van der Waals surface area contributed by atoms with Gasteiger partial charge in [-0.05, 0) is 24.6 Å². The van der Waals surface area contributed by atoms with E-state index in [-0.39, 0.29) is 0 Å². The smallest absolute Gasteiger partial charge is 0.224 e. The Labute approximate surface area is 122 Å². The van der Waals surface area contributed by atoms with E-state index < -0.39 is 0 Å². The molecule has 19 heavy (non-hydrogen) atoms. The van der Waals surface area contributed by atoms with Gasteiger partial charge in [-0.2, -0.15) is 4.98 Å². The van der Waals surface area contributed by atoms with Crippen LogP contribution in [0.3, 0.4) is 0 Å². The van der Waals surface area contributed by atoms with Crippen LogP contribution in [0.15, 0.2) is 30.5 Å². The highest BCUT2D eigenvalue weighted by atomic mass is 35.5. The van der Waals surface area contributed by atoms with Crippen molar-refractivity contribution in [2.24, 2.45) is 0 Å². The lowest BCUT2D eigenvalue weighted by molar-refractivity contribution is 1.05. The van der Waals surface area contributed by atoms with Crippen LogP contribution in [0, 0.1) is 0 Å². The van der Waals surface area contributed by atoms with E-state index in [2.05, 4.69) is 20.6 Å². The largest absolute Gasteiger partial charge is 0.365 e. The topological polar surface area (TPSA) is 49.8 Å². The number of hydrogen-bond acceptors (Lipinski definition) is 4. The lowest BCUT2D eigenvalue weighted by Gasteiger charge is -2.09. The lowest BCUT2D eigenvalue weighted by Crippen LogP contribution is -2.07. The zero-order valence-corrected chi connectivity index (χ0v) is 12.0. The Morgan fingerprint density at radius 2 is 2.05 bits per heavy atom. The molecule has 2 N–H and O–H groups in total. The molecule has 0 amide bonds. The minimum Gasteiger partial charge on any atom is -0.365 e. The van der Waals surface area contributed by atoms with Crippen molar-refractivity contribution in [2.75, 3.05) is 17.2 Å². The van der Waals surface area contributed by atoms with Crippen molar-refractivity contribution in [3.63, 3.8) is 0 Å². The minimum absolute atomic E-state index is 0.490. The number of hydrogen-bond donors (Lipinski definition) is 2. The first-order valence-corrected chi connectivity index (χ1v) is 6.69. The van der Waals surface area contributed by atoms with E-state index in [1.165, 1.54) is 0 Å². The summed E-state index contributed by atoms with van der Waals surface area (Å²) in [5.41, 5.74) is 1.06. The Bertz CT molecular complexity index is 560. The first-order chi connectivity index (χ1) is 9.19. The molecule has 0 aliphatic rings. The summed E-state index contributed by atoms with van der Waals surface area (Å²) in [7, 11) is 0. The Kier molecular flexibility index (Phi) is 4.82. The van der Waals surface area contributed by atoms with E-state index in [0.29, 0.717) is 28.4 Å². The summed E-state index contributed by atoms with van der Waals surface area (Å²) >= 11 is 12.0. The number of aromatic nitrogens is 2. The normalized spacial score (nSPS) is 10.3. The maximum atomic E-state index is 6.05. The summed E-state index contributed by atoms with van der Waals surface area (Å²) in [6.45, 7) is 3.34. The summed E-state index contributed by atoms with van der Waals surface area (Å²) in [5, 5.41) is 7.41. The third kappa shape index (κ3) is 3.98. The maximum Gasteiger partial charge on any atom is 0.224 e. The van der Waals surface area contributed by atoms with E-state index in [0.717, 1.165) is 12.1 Å². The van der Waals surface area contributed by atoms with E-state index in [4.69, 9.17) is 23.2 Å². The van der Waals surface area contributed by atoms with Gasteiger partial charge in [-0.25, -0.2) is 4.98 Å². The Hall–Kier alpha value is -1.52. The fraction of sp³-hybridized carbons (Fsp3) is 0.231. The predicted molar refractivity (Wildman–Crippen MR) is 80.0 cm³/mol. The van der Waals surface area contributed by atoms with Crippen LogP contribution < -0.4 is 10.6 Å². The van der Waals surface area contributed by atoms with E-state index in [1.54, 1.807) is 6.20 Å². The van der Waals surface area contributed by atoms with Crippen molar-refractivity contribution in [1.29, 1.82) is 0 Å². The van der Waals surface area contributed by atoms with Gasteiger partial charge in [0.25, 0.3) is 0 Å². The Morgan fingerprint density at radius 1 is 1.21 bits per heavy atom. The van der Waals surface area contributed by atoms with Crippen LogP contribution in [-0.2, 0) is 6.54 Å². The molecule has 0 unspecified atom stereocenters. The van der Waals surface area contributed by atoms with Crippen molar-refractivity contribution in [3.8, 4) is 0 Å². The van der Waals surface area contributed by atoms with Crippen molar-refractivity contribution in [2.45, 2.75) is 13.5 Å². The van der Waals surface area contributed by atoms with Gasteiger partial charge in [-0.3, -0.25) is 0 Å². The molecule has 4 nitrogen and oxygen atoms in total. The molecule has 0 aliphatic carbocycles. The number of halogens is 2. The molecule has 100 valence electrons. The summed E-state index contributed by atoms with van der Waals surface area (Å²) in [5.74, 6) is 1.16. The summed E-state index contributed by atoms with van der Waals surface area (Å²) < 4.78 is 0. The molecular formula is C13H14Cl2N4. The summed E-state index contributed by atoms with van der Waals surface area (Å²) in [6.07, 6.45) is 1.58. The molecule has 0 saturated heterocycles. The van der Waals surface area contributed by atoms with Gasteiger partial charge in [-0.15, -0.1) is 0 Å². The molecule has 6 heteroatoms. The molecule has 2 rings (SSSR count). The molecule has 0 atom stereocenters. The highest BCUT2D eigenvalue weighted by Crippen LogP contribution is 2.20. The second-order valence-corrected chi connectivity index (χ2v) is 4.75. The van der Waals surface area contributed by atoms with Gasteiger partial charge in [0.2, 0.25) is 5.95 Å². The number of anilines is 2. The van der Waals surface area contributed by atoms with Crippen molar-refractivity contribution in [3.05, 3.63) is 46.1 Å². The summed E-state index contributed by atoms with van der Waals surface area (Å²) in [6, 6.07) is 7.63. The Morgan fingerprint density at radius 3 is 2.79 bits per heavy atom. The third-order valence-corrected chi connectivity index (χ3v) is 2.94. The third-order valence-electron chi connectivity index (χ3n) is 2.43. The number of nitrogens with one attached hydrogen (secondary N) is 2. The molecule has 0 aliphatic heterocycles. The first kappa shape index (κ1) is 13.9. The minimum atomic E-state index is 0.490. The quantitative estimate of drug-likeness (QED) is 0.880. The highest BCUT2D eigenvalue weighted by Gasteiger charge is 2.04.